The number of hydrogen-bond donors (Lipinski definition) is 0. The van der Waals surface area contributed by atoms with Gasteiger partial charge in [0.25, 0.3) is 0 Å². The van der Waals surface area contributed by atoms with Gasteiger partial charge in [-0.25, -0.2) is 4.79 Å². The third kappa shape index (κ3) is 6.50. The number of nitrogens with zero attached hydrogens (tertiary/aromatic N) is 2. The first-order chi connectivity index (χ1) is 7.13. The lowest BCUT2D eigenvalue weighted by Crippen LogP contribution is -2.38. The fourth-order valence-corrected chi connectivity index (χ4v) is 0.904. The molecular formula is C10H19ClN2O3. The highest BCUT2D eigenvalue weighted by Crippen LogP contribution is 2.08. The zero-order valence-corrected chi connectivity index (χ0v) is 11.2. The zero-order valence-electron chi connectivity index (χ0n) is 10.4. The maximum absolute atomic E-state index is 11.5. The van der Waals surface area contributed by atoms with Crippen molar-refractivity contribution < 1.29 is 14.3 Å². The van der Waals surface area contributed by atoms with Crippen molar-refractivity contribution in [2.75, 3.05) is 27.2 Å². The normalized spacial score (nSPS) is 10.9. The monoisotopic (exact) mass is 250 g/mol. The molecule has 2 amide bonds. The van der Waals surface area contributed by atoms with E-state index in [4.69, 9.17) is 16.3 Å². The molecule has 0 fully saturated rings. The third-order valence-corrected chi connectivity index (χ3v) is 2.06. The van der Waals surface area contributed by atoms with Gasteiger partial charge in [0.1, 0.15) is 5.60 Å². The van der Waals surface area contributed by atoms with Crippen LogP contribution < -0.4 is 0 Å². The van der Waals surface area contributed by atoms with Crippen molar-refractivity contribution in [2.24, 2.45) is 0 Å². The van der Waals surface area contributed by atoms with Gasteiger partial charge in [-0.05, 0) is 32.4 Å². The van der Waals surface area contributed by atoms with Crippen molar-refractivity contribution in [3.63, 3.8) is 0 Å². The second kappa shape index (κ2) is 5.94. The minimum Gasteiger partial charge on any atom is -0.444 e. The molecule has 0 aromatic rings. The van der Waals surface area contributed by atoms with E-state index >= 15 is 0 Å². The summed E-state index contributed by atoms with van der Waals surface area (Å²) < 4.78 is 5.14. The predicted molar refractivity (Wildman–Crippen MR) is 62.7 cm³/mol. The molecule has 0 atom stereocenters. The minimum absolute atomic E-state index is 0.373. The molecule has 0 aliphatic rings. The molecule has 0 aromatic heterocycles. The second-order valence-corrected chi connectivity index (χ2v) is 4.90. The summed E-state index contributed by atoms with van der Waals surface area (Å²) in [4.78, 5) is 24.9. The molecule has 16 heavy (non-hydrogen) atoms. The molecule has 0 bridgehead atoms. The molecule has 0 heterocycles. The van der Waals surface area contributed by atoms with Crippen molar-refractivity contribution in [3.8, 4) is 0 Å². The van der Waals surface area contributed by atoms with Crippen LogP contribution in [0.1, 0.15) is 20.8 Å². The molecule has 0 aliphatic carbocycles. The van der Waals surface area contributed by atoms with Crippen LogP contribution in [0.2, 0.25) is 0 Å². The standard InChI is InChI=1S/C10H19ClN2O3/c1-10(2,3)16-9(15)13(5)7-6-12(4)8(11)14/h6-7H2,1-5H3. The summed E-state index contributed by atoms with van der Waals surface area (Å²) in [5.74, 6) is 0. The zero-order chi connectivity index (χ0) is 12.9. The number of likely N-dealkylation sites (N-methyl/N-ethyl adjacent to an activating group) is 2. The van der Waals surface area contributed by atoms with E-state index < -0.39 is 17.1 Å². The Balaban J connectivity index is 4.02. The molecule has 5 nitrogen and oxygen atoms in total. The first-order valence-electron chi connectivity index (χ1n) is 4.98. The Hall–Kier alpha value is -0.970. The highest BCUT2D eigenvalue weighted by Gasteiger charge is 2.19. The Morgan fingerprint density at radius 2 is 1.56 bits per heavy atom. The molecule has 0 radical (unpaired) electrons. The Labute approximate surface area is 101 Å². The van der Waals surface area contributed by atoms with Crippen LogP contribution in [0.5, 0.6) is 0 Å². The first-order valence-corrected chi connectivity index (χ1v) is 5.36. The van der Waals surface area contributed by atoms with E-state index in [-0.39, 0.29) is 0 Å². The van der Waals surface area contributed by atoms with Crippen LogP contribution in [0, 0.1) is 0 Å². The number of hydrogen-bond acceptors (Lipinski definition) is 3. The maximum Gasteiger partial charge on any atom is 0.410 e. The van der Waals surface area contributed by atoms with E-state index in [1.165, 1.54) is 9.80 Å². The quantitative estimate of drug-likeness (QED) is 0.570. The number of carbonyl (C=O) groups is 2. The van der Waals surface area contributed by atoms with Crippen LogP contribution in [0.25, 0.3) is 0 Å². The predicted octanol–water partition coefficient (Wildman–Crippen LogP) is 2.14. The van der Waals surface area contributed by atoms with Gasteiger partial charge in [-0.3, -0.25) is 4.79 Å². The van der Waals surface area contributed by atoms with Crippen LogP contribution in [0.15, 0.2) is 0 Å². The molecule has 0 aromatic carbocycles. The maximum atomic E-state index is 11.5. The summed E-state index contributed by atoms with van der Waals surface area (Å²) in [6.45, 7) is 6.15. The van der Waals surface area contributed by atoms with Crippen LogP contribution >= 0.6 is 11.6 Å². The van der Waals surface area contributed by atoms with Gasteiger partial charge in [-0.2, -0.15) is 0 Å². The third-order valence-electron chi connectivity index (χ3n) is 1.78. The summed E-state index contributed by atoms with van der Waals surface area (Å²) in [7, 11) is 3.18. The molecule has 0 saturated carbocycles. The second-order valence-electron chi connectivity index (χ2n) is 4.58. The van der Waals surface area contributed by atoms with E-state index in [0.29, 0.717) is 13.1 Å². The number of rotatable bonds is 3. The first kappa shape index (κ1) is 15.0. The topological polar surface area (TPSA) is 49.9 Å². The van der Waals surface area contributed by atoms with Gasteiger partial charge in [0.15, 0.2) is 0 Å². The largest absolute Gasteiger partial charge is 0.444 e. The minimum atomic E-state index is -0.544. The van der Waals surface area contributed by atoms with E-state index in [2.05, 4.69) is 0 Å². The number of amides is 2. The molecule has 6 heteroatoms. The molecular weight excluding hydrogens is 232 g/mol. The summed E-state index contributed by atoms with van der Waals surface area (Å²) >= 11 is 5.25. The van der Waals surface area contributed by atoms with Crippen LogP contribution in [-0.2, 0) is 4.74 Å². The van der Waals surface area contributed by atoms with Crippen molar-refractivity contribution in [1.29, 1.82) is 0 Å². The van der Waals surface area contributed by atoms with Crippen LogP contribution in [-0.4, -0.2) is 54.0 Å². The Morgan fingerprint density at radius 1 is 1.12 bits per heavy atom. The Bertz CT molecular complexity index is 263. The van der Waals surface area contributed by atoms with Crippen molar-refractivity contribution in [1.82, 2.24) is 9.80 Å². The van der Waals surface area contributed by atoms with Gasteiger partial charge in [0, 0.05) is 27.2 Å². The van der Waals surface area contributed by atoms with E-state index in [1.54, 1.807) is 34.9 Å². The average molecular weight is 251 g/mol. The Kier molecular flexibility index (Phi) is 5.58. The van der Waals surface area contributed by atoms with Crippen molar-refractivity contribution >= 4 is 23.1 Å². The Morgan fingerprint density at radius 3 is 1.94 bits per heavy atom. The van der Waals surface area contributed by atoms with Gasteiger partial charge in [0.05, 0.1) is 0 Å². The van der Waals surface area contributed by atoms with E-state index in [9.17, 15) is 9.59 Å². The smallest absolute Gasteiger partial charge is 0.410 e. The number of ether oxygens (including phenoxy) is 1. The summed E-state index contributed by atoms with van der Waals surface area (Å²) in [5, 5.41) is -0.544. The number of halogens is 1. The molecule has 0 N–H and O–H groups in total. The van der Waals surface area contributed by atoms with E-state index in [0.717, 1.165) is 0 Å². The lowest BCUT2D eigenvalue weighted by Gasteiger charge is -2.25. The lowest BCUT2D eigenvalue weighted by atomic mass is 10.2. The van der Waals surface area contributed by atoms with Gasteiger partial charge in [-0.1, -0.05) is 0 Å². The highest BCUT2D eigenvalue weighted by atomic mass is 35.5. The summed E-state index contributed by atoms with van der Waals surface area (Å²) in [6.07, 6.45) is -0.414. The average Bonchev–Trinajstić information content (AvgIpc) is 2.10. The van der Waals surface area contributed by atoms with Crippen LogP contribution in [0.4, 0.5) is 9.59 Å². The molecule has 94 valence electrons. The molecule has 0 spiro atoms. The fourth-order valence-electron chi connectivity index (χ4n) is 0.819. The van der Waals surface area contributed by atoms with Gasteiger partial charge >= 0.3 is 11.5 Å². The highest BCUT2D eigenvalue weighted by molar-refractivity contribution is 6.62. The molecule has 0 unspecified atom stereocenters. The lowest BCUT2D eigenvalue weighted by molar-refractivity contribution is 0.0292. The fraction of sp³-hybridized carbons (Fsp3) is 0.800. The van der Waals surface area contributed by atoms with Crippen molar-refractivity contribution in [3.05, 3.63) is 0 Å². The van der Waals surface area contributed by atoms with E-state index in [1.807, 2.05) is 0 Å². The van der Waals surface area contributed by atoms with Gasteiger partial charge in [-0.15, -0.1) is 0 Å². The number of carbonyl (C=O) groups excluding carboxylic acids is 2. The SMILES string of the molecule is CN(CCN(C)C(=O)OC(C)(C)C)C(=O)Cl. The molecule has 0 aliphatic heterocycles. The van der Waals surface area contributed by atoms with Crippen LogP contribution in [0.3, 0.4) is 0 Å². The van der Waals surface area contributed by atoms with Gasteiger partial charge in [0.2, 0.25) is 0 Å². The van der Waals surface area contributed by atoms with Gasteiger partial charge < -0.3 is 14.5 Å². The summed E-state index contributed by atoms with van der Waals surface area (Å²) in [6, 6.07) is 0. The molecule has 0 rings (SSSR count). The summed E-state index contributed by atoms with van der Waals surface area (Å²) in [5.41, 5.74) is -0.514. The molecule has 0 saturated heterocycles. The van der Waals surface area contributed by atoms with Crippen molar-refractivity contribution in [2.45, 2.75) is 26.4 Å².